The van der Waals surface area contributed by atoms with E-state index in [1.54, 1.807) is 19.2 Å². The number of aromatic nitrogens is 1. The van der Waals surface area contributed by atoms with Crippen LogP contribution in [-0.2, 0) is 0 Å². The summed E-state index contributed by atoms with van der Waals surface area (Å²) in [6.45, 7) is 3.84. The molecule has 2 aromatic rings. The Hall–Kier alpha value is -2.68. The Morgan fingerprint density at radius 3 is 2.84 bits per heavy atom. The number of benzene rings is 1. The number of hydrogen-bond donors (Lipinski definition) is 1. The predicted molar refractivity (Wildman–Crippen MR) is 98.6 cm³/mol. The van der Waals surface area contributed by atoms with Crippen molar-refractivity contribution in [1.82, 2.24) is 4.98 Å². The van der Waals surface area contributed by atoms with E-state index >= 15 is 0 Å². The van der Waals surface area contributed by atoms with Crippen molar-refractivity contribution in [3.8, 4) is 11.5 Å². The lowest BCUT2D eigenvalue weighted by molar-refractivity contribution is -0.384. The van der Waals surface area contributed by atoms with Crippen molar-refractivity contribution < 1.29 is 14.4 Å². The second kappa shape index (κ2) is 8.43. The summed E-state index contributed by atoms with van der Waals surface area (Å²) < 4.78 is 11.8. The molecule has 0 amide bonds. The third kappa shape index (κ3) is 4.90. The summed E-state index contributed by atoms with van der Waals surface area (Å²) in [6.07, 6.45) is 2.95. The van der Waals surface area contributed by atoms with Crippen LogP contribution in [0.2, 0.25) is 0 Å². The molecule has 8 nitrogen and oxygen atoms in total. The van der Waals surface area contributed by atoms with Gasteiger partial charge < -0.3 is 9.47 Å². The number of anilines is 1. The fourth-order valence-corrected chi connectivity index (χ4v) is 2.52. The van der Waals surface area contributed by atoms with Gasteiger partial charge in [-0.25, -0.2) is 4.98 Å². The lowest BCUT2D eigenvalue weighted by Gasteiger charge is -2.15. The number of nitrogens with one attached hydrogen (secondary N) is 1. The molecule has 0 aliphatic heterocycles. The molecular formula is C16H17BrN4O4. The molecule has 0 aliphatic rings. The zero-order chi connectivity index (χ0) is 18.4. The average molecular weight is 409 g/mol. The summed E-state index contributed by atoms with van der Waals surface area (Å²) in [5.74, 6) is 1.21. The summed E-state index contributed by atoms with van der Waals surface area (Å²) >= 11 is 3.45. The second-order valence-corrected chi connectivity index (χ2v) is 6.05. The molecule has 0 saturated carbocycles. The molecule has 0 radical (unpaired) electrons. The Bertz CT molecular complexity index is 796. The van der Waals surface area contributed by atoms with Crippen molar-refractivity contribution in [2.45, 2.75) is 20.0 Å². The van der Waals surface area contributed by atoms with E-state index in [4.69, 9.17) is 9.47 Å². The number of rotatable bonds is 7. The van der Waals surface area contributed by atoms with Crippen LogP contribution in [-0.4, -0.2) is 29.3 Å². The molecule has 0 bridgehead atoms. The van der Waals surface area contributed by atoms with Crippen LogP contribution in [0.5, 0.6) is 11.5 Å². The monoisotopic (exact) mass is 408 g/mol. The van der Waals surface area contributed by atoms with Crippen LogP contribution in [0, 0.1) is 10.1 Å². The molecule has 1 aromatic heterocycles. The minimum absolute atomic E-state index is 0.00362. The largest absolute Gasteiger partial charge is 0.493 e. The van der Waals surface area contributed by atoms with Gasteiger partial charge in [0.2, 0.25) is 5.82 Å². The SMILES string of the molecule is COc1cc(/C=N\Nc2ncccc2[N+](=O)[O-])cc(Br)c1OC(C)C. The van der Waals surface area contributed by atoms with Gasteiger partial charge in [0, 0.05) is 12.3 Å². The standard InChI is InChI=1S/C16H17BrN4O4/c1-10(2)25-15-12(17)7-11(8-14(15)24-3)9-19-20-16-13(21(22)23)5-4-6-18-16/h4-10H,1-3H3,(H,18,20)/b19-9-. The number of methoxy groups -OCH3 is 1. The molecule has 1 N–H and O–H groups in total. The Morgan fingerprint density at radius 1 is 1.44 bits per heavy atom. The number of pyridine rings is 1. The summed E-state index contributed by atoms with van der Waals surface area (Å²) in [5.41, 5.74) is 3.14. The van der Waals surface area contributed by atoms with E-state index in [1.165, 1.54) is 24.5 Å². The third-order valence-corrected chi connectivity index (χ3v) is 3.56. The first-order chi connectivity index (χ1) is 11.9. The molecule has 0 spiro atoms. The highest BCUT2D eigenvalue weighted by molar-refractivity contribution is 9.10. The van der Waals surface area contributed by atoms with Crippen LogP contribution in [0.15, 0.2) is 40.0 Å². The first-order valence-corrected chi connectivity index (χ1v) is 8.14. The molecule has 2 rings (SSSR count). The first kappa shape index (κ1) is 18.7. The zero-order valence-corrected chi connectivity index (χ0v) is 15.5. The van der Waals surface area contributed by atoms with E-state index in [0.29, 0.717) is 21.5 Å². The second-order valence-electron chi connectivity index (χ2n) is 5.20. The van der Waals surface area contributed by atoms with Gasteiger partial charge >= 0.3 is 5.69 Å². The number of nitrogens with zero attached hydrogens (tertiary/aromatic N) is 3. The molecule has 1 heterocycles. The average Bonchev–Trinajstić information content (AvgIpc) is 2.57. The molecule has 132 valence electrons. The van der Waals surface area contributed by atoms with Crippen molar-refractivity contribution >= 4 is 33.6 Å². The fourth-order valence-electron chi connectivity index (χ4n) is 1.96. The molecule has 0 saturated heterocycles. The highest BCUT2D eigenvalue weighted by atomic mass is 79.9. The molecular weight excluding hydrogens is 392 g/mol. The van der Waals surface area contributed by atoms with Gasteiger partial charge in [0.15, 0.2) is 11.5 Å². The molecule has 0 unspecified atom stereocenters. The molecule has 9 heteroatoms. The first-order valence-electron chi connectivity index (χ1n) is 7.35. The predicted octanol–water partition coefficient (Wildman–Crippen LogP) is 3.99. The number of ether oxygens (including phenoxy) is 2. The maximum absolute atomic E-state index is 10.9. The van der Waals surface area contributed by atoms with Crippen LogP contribution in [0.25, 0.3) is 0 Å². The van der Waals surface area contributed by atoms with Gasteiger partial charge in [-0.3, -0.25) is 15.5 Å². The number of hydrazone groups is 1. The lowest BCUT2D eigenvalue weighted by atomic mass is 10.2. The Morgan fingerprint density at radius 2 is 2.20 bits per heavy atom. The number of hydrogen-bond acceptors (Lipinski definition) is 7. The van der Waals surface area contributed by atoms with Crippen molar-refractivity contribution in [3.05, 3.63) is 50.6 Å². The van der Waals surface area contributed by atoms with Crippen LogP contribution >= 0.6 is 15.9 Å². The minimum atomic E-state index is -0.525. The summed E-state index contributed by atoms with van der Waals surface area (Å²) in [6, 6.07) is 6.39. The van der Waals surface area contributed by atoms with Crippen molar-refractivity contribution in [1.29, 1.82) is 0 Å². The maximum Gasteiger partial charge on any atom is 0.313 e. The van der Waals surface area contributed by atoms with Gasteiger partial charge in [0.05, 0.1) is 28.8 Å². The Kier molecular flexibility index (Phi) is 6.29. The van der Waals surface area contributed by atoms with E-state index in [2.05, 4.69) is 31.4 Å². The zero-order valence-electron chi connectivity index (χ0n) is 13.9. The topological polar surface area (TPSA) is 98.9 Å². The van der Waals surface area contributed by atoms with E-state index in [1.807, 2.05) is 13.8 Å². The number of halogens is 1. The fraction of sp³-hybridized carbons (Fsp3) is 0.250. The van der Waals surface area contributed by atoms with E-state index in [0.717, 1.165) is 0 Å². The summed E-state index contributed by atoms with van der Waals surface area (Å²) in [5, 5.41) is 14.9. The van der Waals surface area contributed by atoms with E-state index < -0.39 is 4.92 Å². The molecule has 0 fully saturated rings. The van der Waals surface area contributed by atoms with Gasteiger partial charge in [-0.15, -0.1) is 0 Å². The van der Waals surface area contributed by atoms with Gasteiger partial charge in [0.25, 0.3) is 0 Å². The molecule has 25 heavy (non-hydrogen) atoms. The van der Waals surface area contributed by atoms with Crippen LogP contribution in [0.1, 0.15) is 19.4 Å². The van der Waals surface area contributed by atoms with Gasteiger partial charge in [0.1, 0.15) is 0 Å². The molecule has 1 aromatic carbocycles. The third-order valence-electron chi connectivity index (χ3n) is 2.97. The van der Waals surface area contributed by atoms with Crippen molar-refractivity contribution in [2.24, 2.45) is 5.10 Å². The van der Waals surface area contributed by atoms with Crippen LogP contribution in [0.3, 0.4) is 0 Å². The smallest absolute Gasteiger partial charge is 0.313 e. The molecule has 0 atom stereocenters. The molecule has 0 aliphatic carbocycles. The highest BCUT2D eigenvalue weighted by Crippen LogP contribution is 2.37. The number of nitro groups is 1. The van der Waals surface area contributed by atoms with E-state index in [9.17, 15) is 10.1 Å². The lowest BCUT2D eigenvalue weighted by Crippen LogP contribution is -2.07. The maximum atomic E-state index is 10.9. The van der Waals surface area contributed by atoms with Crippen molar-refractivity contribution in [3.63, 3.8) is 0 Å². The summed E-state index contributed by atoms with van der Waals surface area (Å²) in [4.78, 5) is 14.3. The van der Waals surface area contributed by atoms with Gasteiger partial charge in [-0.05, 0) is 53.5 Å². The minimum Gasteiger partial charge on any atom is -0.493 e. The normalized spacial score (nSPS) is 10.9. The van der Waals surface area contributed by atoms with E-state index in [-0.39, 0.29) is 17.6 Å². The summed E-state index contributed by atoms with van der Waals surface area (Å²) in [7, 11) is 1.55. The Labute approximate surface area is 153 Å². The van der Waals surface area contributed by atoms with Gasteiger partial charge in [-0.1, -0.05) is 0 Å². The van der Waals surface area contributed by atoms with Crippen LogP contribution < -0.4 is 14.9 Å². The van der Waals surface area contributed by atoms with Crippen LogP contribution in [0.4, 0.5) is 11.5 Å². The highest BCUT2D eigenvalue weighted by Gasteiger charge is 2.14. The van der Waals surface area contributed by atoms with Gasteiger partial charge in [-0.2, -0.15) is 5.10 Å². The quantitative estimate of drug-likeness (QED) is 0.422. The van der Waals surface area contributed by atoms with Crippen molar-refractivity contribution in [2.75, 3.05) is 12.5 Å². The Balaban J connectivity index is 2.22.